The molecule has 7 heteroatoms. The van der Waals surface area contributed by atoms with E-state index in [1.807, 2.05) is 13.8 Å². The molecule has 0 spiro atoms. The lowest BCUT2D eigenvalue weighted by atomic mass is 10.2. The van der Waals surface area contributed by atoms with Crippen molar-refractivity contribution in [1.82, 2.24) is 9.88 Å². The van der Waals surface area contributed by atoms with E-state index in [2.05, 4.69) is 4.98 Å². The lowest BCUT2D eigenvalue weighted by molar-refractivity contribution is -0.129. The summed E-state index contributed by atoms with van der Waals surface area (Å²) in [6, 6.07) is 1.33. The fourth-order valence-corrected chi connectivity index (χ4v) is 1.91. The first kappa shape index (κ1) is 15.7. The number of pyridine rings is 1. The van der Waals surface area contributed by atoms with Gasteiger partial charge in [-0.25, -0.2) is 9.78 Å². The summed E-state index contributed by atoms with van der Waals surface area (Å²) in [5, 5.41) is 9.02. The number of anilines is 2. The molecule has 3 N–H and O–H groups in total. The van der Waals surface area contributed by atoms with Crippen LogP contribution in [-0.4, -0.2) is 53.5 Å². The second kappa shape index (κ2) is 6.74. The van der Waals surface area contributed by atoms with Crippen LogP contribution in [-0.2, 0) is 4.79 Å². The molecule has 0 bridgehead atoms. The van der Waals surface area contributed by atoms with Gasteiger partial charge in [0.05, 0.1) is 17.8 Å². The van der Waals surface area contributed by atoms with Crippen molar-refractivity contribution in [2.24, 2.45) is 0 Å². The third-order valence-electron chi connectivity index (χ3n) is 3.05. The number of carbonyl (C=O) groups is 2. The van der Waals surface area contributed by atoms with Crippen LogP contribution in [0.5, 0.6) is 0 Å². The van der Waals surface area contributed by atoms with Crippen molar-refractivity contribution in [3.8, 4) is 0 Å². The van der Waals surface area contributed by atoms with E-state index in [-0.39, 0.29) is 23.7 Å². The van der Waals surface area contributed by atoms with Crippen LogP contribution in [0.25, 0.3) is 0 Å². The number of nitrogens with zero attached hydrogens (tertiary/aromatic N) is 3. The van der Waals surface area contributed by atoms with E-state index in [1.54, 1.807) is 16.8 Å². The van der Waals surface area contributed by atoms with Crippen LogP contribution in [0.4, 0.5) is 11.5 Å². The van der Waals surface area contributed by atoms with Crippen LogP contribution in [0.15, 0.2) is 12.3 Å². The van der Waals surface area contributed by atoms with Gasteiger partial charge in [0.1, 0.15) is 0 Å². The van der Waals surface area contributed by atoms with Crippen molar-refractivity contribution in [3.05, 3.63) is 17.8 Å². The van der Waals surface area contributed by atoms with E-state index in [4.69, 9.17) is 10.8 Å². The van der Waals surface area contributed by atoms with Crippen molar-refractivity contribution < 1.29 is 14.7 Å². The Morgan fingerprint density at radius 3 is 2.45 bits per heavy atom. The molecule has 0 aliphatic heterocycles. The Morgan fingerprint density at radius 2 is 1.95 bits per heavy atom. The minimum Gasteiger partial charge on any atom is -0.478 e. The third kappa shape index (κ3) is 3.37. The summed E-state index contributed by atoms with van der Waals surface area (Å²) < 4.78 is 0. The van der Waals surface area contributed by atoms with Gasteiger partial charge < -0.3 is 20.6 Å². The number of carbonyl (C=O) groups excluding carboxylic acids is 1. The highest BCUT2D eigenvalue weighted by molar-refractivity contribution is 5.96. The standard InChI is InChI=1S/C13H20N4O3/c1-4-17(5-2)10(18)8-16(3)12-11(14)9(13(19)20)6-7-15-12/h6-7H,4-5,8,14H2,1-3H3,(H,19,20). The van der Waals surface area contributed by atoms with Gasteiger partial charge >= 0.3 is 5.97 Å². The molecule has 1 rings (SSSR count). The van der Waals surface area contributed by atoms with Crippen molar-refractivity contribution in [1.29, 1.82) is 0 Å². The zero-order valence-corrected chi connectivity index (χ0v) is 12.0. The molecule has 0 saturated heterocycles. The molecule has 1 heterocycles. The molecule has 0 unspecified atom stereocenters. The normalized spacial score (nSPS) is 10.2. The molecule has 110 valence electrons. The van der Waals surface area contributed by atoms with Crippen molar-refractivity contribution >= 4 is 23.4 Å². The minimum absolute atomic E-state index is 0.0165. The topological polar surface area (TPSA) is 99.8 Å². The molecule has 1 aromatic rings. The number of carboxylic acids is 1. The summed E-state index contributed by atoms with van der Waals surface area (Å²) in [6.07, 6.45) is 1.37. The smallest absolute Gasteiger partial charge is 0.337 e. The Bertz CT molecular complexity index is 500. The molecule has 20 heavy (non-hydrogen) atoms. The first-order valence-electron chi connectivity index (χ1n) is 6.39. The number of amides is 1. The number of aromatic carboxylic acids is 1. The van der Waals surface area contributed by atoms with E-state index in [0.29, 0.717) is 18.9 Å². The Balaban J connectivity index is 2.93. The lowest BCUT2D eigenvalue weighted by Crippen LogP contribution is -2.39. The van der Waals surface area contributed by atoms with Crippen LogP contribution in [0.1, 0.15) is 24.2 Å². The van der Waals surface area contributed by atoms with E-state index in [9.17, 15) is 9.59 Å². The number of carboxylic acid groups (broad SMARTS) is 1. The molecule has 0 saturated carbocycles. The third-order valence-corrected chi connectivity index (χ3v) is 3.05. The van der Waals surface area contributed by atoms with E-state index >= 15 is 0 Å². The predicted octanol–water partition coefficient (Wildman–Crippen LogP) is 0.667. The average Bonchev–Trinajstić information content (AvgIpc) is 2.39. The van der Waals surface area contributed by atoms with Crippen LogP contribution >= 0.6 is 0 Å². The summed E-state index contributed by atoms with van der Waals surface area (Å²) in [6.45, 7) is 5.16. The van der Waals surface area contributed by atoms with Gasteiger partial charge in [0, 0.05) is 26.3 Å². The highest BCUT2D eigenvalue weighted by Gasteiger charge is 2.18. The Morgan fingerprint density at radius 1 is 1.35 bits per heavy atom. The zero-order valence-electron chi connectivity index (χ0n) is 12.0. The maximum atomic E-state index is 12.0. The van der Waals surface area contributed by atoms with Gasteiger partial charge in [-0.1, -0.05) is 0 Å². The van der Waals surface area contributed by atoms with Crippen LogP contribution in [0, 0.1) is 0 Å². The maximum absolute atomic E-state index is 12.0. The van der Waals surface area contributed by atoms with Gasteiger partial charge in [0.15, 0.2) is 5.82 Å². The van der Waals surface area contributed by atoms with Gasteiger partial charge in [-0.15, -0.1) is 0 Å². The highest BCUT2D eigenvalue weighted by atomic mass is 16.4. The molecule has 0 aliphatic rings. The van der Waals surface area contributed by atoms with Crippen molar-refractivity contribution in [2.45, 2.75) is 13.8 Å². The molecular formula is C13H20N4O3. The molecule has 0 aliphatic carbocycles. The fourth-order valence-electron chi connectivity index (χ4n) is 1.91. The van der Waals surface area contributed by atoms with Crippen LogP contribution in [0.2, 0.25) is 0 Å². The van der Waals surface area contributed by atoms with E-state index in [1.165, 1.54) is 12.3 Å². The van der Waals surface area contributed by atoms with Crippen molar-refractivity contribution in [2.75, 3.05) is 37.3 Å². The highest BCUT2D eigenvalue weighted by Crippen LogP contribution is 2.22. The second-order valence-electron chi connectivity index (χ2n) is 4.32. The molecular weight excluding hydrogens is 260 g/mol. The average molecular weight is 280 g/mol. The first-order chi connectivity index (χ1) is 9.42. The molecule has 1 amide bonds. The van der Waals surface area contributed by atoms with Gasteiger partial charge in [0.2, 0.25) is 5.91 Å². The SMILES string of the molecule is CCN(CC)C(=O)CN(C)c1nccc(C(=O)O)c1N. The quantitative estimate of drug-likeness (QED) is 0.794. The summed E-state index contributed by atoms with van der Waals surface area (Å²) in [7, 11) is 1.66. The van der Waals surface area contributed by atoms with Gasteiger partial charge in [-0.05, 0) is 19.9 Å². The summed E-state index contributed by atoms with van der Waals surface area (Å²) in [4.78, 5) is 30.3. The monoisotopic (exact) mass is 280 g/mol. The van der Waals surface area contributed by atoms with Crippen LogP contribution < -0.4 is 10.6 Å². The summed E-state index contributed by atoms with van der Waals surface area (Å²) in [5.41, 5.74) is 5.84. The maximum Gasteiger partial charge on any atom is 0.337 e. The molecule has 7 nitrogen and oxygen atoms in total. The van der Waals surface area contributed by atoms with Crippen molar-refractivity contribution in [3.63, 3.8) is 0 Å². The Kier molecular flexibility index (Phi) is 5.31. The number of rotatable bonds is 6. The second-order valence-corrected chi connectivity index (χ2v) is 4.32. The number of likely N-dealkylation sites (N-methyl/N-ethyl adjacent to an activating group) is 2. The molecule has 0 fully saturated rings. The fraction of sp³-hybridized carbons (Fsp3) is 0.462. The molecule has 0 atom stereocenters. The van der Waals surface area contributed by atoms with Crippen LogP contribution in [0.3, 0.4) is 0 Å². The van der Waals surface area contributed by atoms with Gasteiger partial charge in [0.25, 0.3) is 0 Å². The zero-order chi connectivity index (χ0) is 15.3. The van der Waals surface area contributed by atoms with Gasteiger partial charge in [-0.2, -0.15) is 0 Å². The largest absolute Gasteiger partial charge is 0.478 e. The number of hydrogen-bond acceptors (Lipinski definition) is 5. The predicted molar refractivity (Wildman–Crippen MR) is 76.8 cm³/mol. The first-order valence-corrected chi connectivity index (χ1v) is 6.39. The Labute approximate surface area is 118 Å². The lowest BCUT2D eigenvalue weighted by Gasteiger charge is -2.24. The number of nitrogens with two attached hydrogens (primary N) is 1. The molecule has 0 aromatic carbocycles. The Hall–Kier alpha value is -2.31. The van der Waals surface area contributed by atoms with E-state index < -0.39 is 5.97 Å². The summed E-state index contributed by atoms with van der Waals surface area (Å²) >= 11 is 0. The minimum atomic E-state index is -1.12. The molecule has 1 aromatic heterocycles. The number of nitrogen functional groups attached to an aromatic ring is 1. The number of hydrogen-bond donors (Lipinski definition) is 2. The molecule has 0 radical (unpaired) electrons. The number of aromatic nitrogens is 1. The van der Waals surface area contributed by atoms with Gasteiger partial charge in [-0.3, -0.25) is 4.79 Å². The summed E-state index contributed by atoms with van der Waals surface area (Å²) in [5.74, 6) is -0.876. The van der Waals surface area contributed by atoms with E-state index in [0.717, 1.165) is 0 Å².